The summed E-state index contributed by atoms with van der Waals surface area (Å²) in [7, 11) is 0. The number of nitro groups is 1. The molecule has 2 aliphatic heterocycles. The van der Waals surface area contributed by atoms with Gasteiger partial charge in [0.25, 0.3) is 17.5 Å². The molecule has 226 valence electrons. The molecule has 0 saturated carbocycles. The van der Waals surface area contributed by atoms with E-state index in [9.17, 15) is 34.4 Å². The predicted octanol–water partition coefficient (Wildman–Crippen LogP) is 2.71. The molecule has 0 spiro atoms. The van der Waals surface area contributed by atoms with Gasteiger partial charge < -0.3 is 25.6 Å². The number of aliphatic hydroxyl groups excluding tert-OH is 1. The van der Waals surface area contributed by atoms with Crippen LogP contribution in [0.2, 0.25) is 0 Å². The third kappa shape index (κ3) is 6.26. The molecule has 2 heterocycles. The predicted molar refractivity (Wildman–Crippen MR) is 156 cm³/mol. The first kappa shape index (κ1) is 30.3. The number of β-lactam (4-membered cyclic amide) rings is 1. The van der Waals surface area contributed by atoms with Gasteiger partial charge in [-0.1, -0.05) is 72.8 Å². The number of benzene rings is 3. The number of hydrogen-bond acceptors (Lipinski definition) is 10. The summed E-state index contributed by atoms with van der Waals surface area (Å²) in [6, 6.07) is 21.8. The molecule has 13 nitrogen and oxygen atoms in total. The van der Waals surface area contributed by atoms with E-state index in [0.29, 0.717) is 11.1 Å². The van der Waals surface area contributed by atoms with E-state index in [1.807, 2.05) is 12.1 Å². The molecule has 0 aromatic heterocycles. The molecule has 3 aromatic rings. The zero-order chi connectivity index (χ0) is 31.4. The van der Waals surface area contributed by atoms with Crippen molar-refractivity contribution in [1.82, 2.24) is 10.2 Å². The SMILES string of the molecule is NC(=O)OCC1=C(C(=O)OC(c2ccccc2)c2ccccc2)N2C(=O)[C@@H](NC(=O)[C@H](O)c3cccc([N+](=O)[O-])c3)[C@H]2SC1. The lowest BCUT2D eigenvalue weighted by Crippen LogP contribution is -2.71. The number of rotatable bonds is 10. The molecule has 0 unspecified atom stereocenters. The summed E-state index contributed by atoms with van der Waals surface area (Å²) >= 11 is 1.19. The van der Waals surface area contributed by atoms with Gasteiger partial charge in [0.2, 0.25) is 0 Å². The Labute approximate surface area is 254 Å². The van der Waals surface area contributed by atoms with Crippen LogP contribution in [0.5, 0.6) is 0 Å². The van der Waals surface area contributed by atoms with Crippen LogP contribution in [0.3, 0.4) is 0 Å². The van der Waals surface area contributed by atoms with Crippen molar-refractivity contribution in [3.05, 3.63) is 123 Å². The number of ether oxygens (including phenoxy) is 2. The normalized spacial score (nSPS) is 18.1. The number of nitrogens with one attached hydrogen (secondary N) is 1. The van der Waals surface area contributed by atoms with Gasteiger partial charge in [-0.3, -0.25) is 24.6 Å². The van der Waals surface area contributed by atoms with E-state index in [1.165, 1.54) is 30.0 Å². The van der Waals surface area contributed by atoms with E-state index in [1.54, 1.807) is 48.5 Å². The second-order valence-electron chi connectivity index (χ2n) is 9.82. The maximum atomic E-state index is 13.8. The molecule has 3 amide bonds. The largest absolute Gasteiger partial charge is 0.448 e. The maximum Gasteiger partial charge on any atom is 0.404 e. The molecule has 0 bridgehead atoms. The molecule has 0 aliphatic carbocycles. The molecule has 3 atom stereocenters. The van der Waals surface area contributed by atoms with Gasteiger partial charge in [-0.15, -0.1) is 11.8 Å². The van der Waals surface area contributed by atoms with E-state index >= 15 is 0 Å². The fourth-order valence-electron chi connectivity index (χ4n) is 4.88. The van der Waals surface area contributed by atoms with E-state index in [-0.39, 0.29) is 34.9 Å². The van der Waals surface area contributed by atoms with Crippen LogP contribution >= 0.6 is 11.8 Å². The zero-order valence-corrected chi connectivity index (χ0v) is 23.7. The lowest BCUT2D eigenvalue weighted by molar-refractivity contribution is -0.385. The number of amides is 3. The molecule has 0 radical (unpaired) electrons. The smallest absolute Gasteiger partial charge is 0.404 e. The Morgan fingerprint density at radius 1 is 1.02 bits per heavy atom. The number of carbonyl (C=O) groups is 4. The lowest BCUT2D eigenvalue weighted by Gasteiger charge is -2.49. The van der Waals surface area contributed by atoms with Gasteiger partial charge in [0.15, 0.2) is 12.2 Å². The first-order chi connectivity index (χ1) is 21.2. The van der Waals surface area contributed by atoms with E-state index in [2.05, 4.69) is 5.32 Å². The van der Waals surface area contributed by atoms with E-state index in [4.69, 9.17) is 15.2 Å². The average molecular weight is 619 g/mol. The molecule has 1 fully saturated rings. The number of hydrogen-bond donors (Lipinski definition) is 3. The van der Waals surface area contributed by atoms with Crippen molar-refractivity contribution in [2.75, 3.05) is 12.4 Å². The highest BCUT2D eigenvalue weighted by atomic mass is 32.2. The molecular formula is C30H26N4O9S. The number of nitro benzene ring substituents is 1. The van der Waals surface area contributed by atoms with Crippen LogP contribution < -0.4 is 11.1 Å². The summed E-state index contributed by atoms with van der Waals surface area (Å²) in [6.45, 7) is -0.368. The minimum Gasteiger partial charge on any atom is -0.448 e. The molecule has 1 saturated heterocycles. The number of nitrogens with two attached hydrogens (primary N) is 1. The summed E-state index contributed by atoms with van der Waals surface area (Å²) in [5.41, 5.74) is 6.31. The molecule has 14 heteroatoms. The van der Waals surface area contributed by atoms with E-state index in [0.717, 1.165) is 11.0 Å². The lowest BCUT2D eigenvalue weighted by atomic mass is 10.00. The Morgan fingerprint density at radius 3 is 2.23 bits per heavy atom. The number of aliphatic hydroxyl groups is 1. The molecule has 3 aromatic carbocycles. The maximum absolute atomic E-state index is 13.8. The molecule has 5 rings (SSSR count). The summed E-state index contributed by atoms with van der Waals surface area (Å²) in [4.78, 5) is 63.1. The van der Waals surface area contributed by atoms with Crippen LogP contribution in [0.4, 0.5) is 10.5 Å². The van der Waals surface area contributed by atoms with Crippen LogP contribution in [-0.4, -0.2) is 62.6 Å². The minimum absolute atomic E-state index is 0.0282. The van der Waals surface area contributed by atoms with Crippen molar-refractivity contribution < 1.29 is 38.7 Å². The monoisotopic (exact) mass is 618 g/mol. The molecular weight excluding hydrogens is 592 g/mol. The Balaban J connectivity index is 1.39. The van der Waals surface area contributed by atoms with Gasteiger partial charge in [-0.2, -0.15) is 0 Å². The molecule has 4 N–H and O–H groups in total. The van der Waals surface area contributed by atoms with Crippen LogP contribution in [0.1, 0.15) is 28.9 Å². The summed E-state index contributed by atoms with van der Waals surface area (Å²) in [5.74, 6) is -2.34. The van der Waals surface area contributed by atoms with Crippen LogP contribution in [0.15, 0.2) is 96.2 Å². The van der Waals surface area contributed by atoms with Gasteiger partial charge in [0.1, 0.15) is 23.7 Å². The van der Waals surface area contributed by atoms with Gasteiger partial charge in [-0.25, -0.2) is 9.59 Å². The third-order valence-corrected chi connectivity index (χ3v) is 8.34. The van der Waals surface area contributed by atoms with Crippen molar-refractivity contribution in [2.45, 2.75) is 23.6 Å². The van der Waals surface area contributed by atoms with Crippen molar-refractivity contribution in [2.24, 2.45) is 5.73 Å². The van der Waals surface area contributed by atoms with Crippen LogP contribution in [0, 0.1) is 10.1 Å². The van der Waals surface area contributed by atoms with Crippen molar-refractivity contribution in [3.8, 4) is 0 Å². The number of nitrogens with zero attached hydrogens (tertiary/aromatic N) is 2. The number of fused-ring (bicyclic) bond motifs is 1. The van der Waals surface area contributed by atoms with Gasteiger partial charge in [0.05, 0.1) is 4.92 Å². The summed E-state index contributed by atoms with van der Waals surface area (Å²) in [5, 5.41) is 23.4. The minimum atomic E-state index is -1.79. The first-order valence-corrected chi connectivity index (χ1v) is 14.3. The van der Waals surface area contributed by atoms with E-state index < -0.39 is 52.4 Å². The average Bonchev–Trinajstić information content (AvgIpc) is 3.04. The fraction of sp³-hybridized carbons (Fsp3) is 0.200. The number of thioether (sulfide) groups is 1. The summed E-state index contributed by atoms with van der Waals surface area (Å²) in [6.07, 6.45) is -3.69. The number of esters is 1. The second-order valence-corrected chi connectivity index (χ2v) is 10.9. The van der Waals surface area contributed by atoms with Crippen LogP contribution in [-0.2, 0) is 23.9 Å². The highest BCUT2D eigenvalue weighted by Gasteiger charge is 2.55. The number of carbonyl (C=O) groups excluding carboxylic acids is 4. The first-order valence-electron chi connectivity index (χ1n) is 13.3. The van der Waals surface area contributed by atoms with Crippen molar-refractivity contribution in [3.63, 3.8) is 0 Å². The Hall–Kier alpha value is -5.21. The summed E-state index contributed by atoms with van der Waals surface area (Å²) < 4.78 is 10.9. The van der Waals surface area contributed by atoms with Gasteiger partial charge in [0, 0.05) is 23.5 Å². The van der Waals surface area contributed by atoms with Crippen molar-refractivity contribution >= 4 is 41.3 Å². The number of non-ortho nitro benzene ring substituents is 1. The zero-order valence-electron chi connectivity index (χ0n) is 22.9. The van der Waals surface area contributed by atoms with Gasteiger partial charge in [-0.05, 0) is 16.7 Å². The fourth-order valence-corrected chi connectivity index (χ4v) is 6.21. The third-order valence-electron chi connectivity index (χ3n) is 7.00. The standard InChI is InChI=1S/C30H26N4O9S/c31-30(39)42-15-20-16-44-28-22(32-26(36)24(35)19-12-7-13-21(14-19)34(40)41)27(37)33(28)23(20)29(38)43-25(17-8-3-1-4-9-17)18-10-5-2-6-11-18/h1-14,22,24-25,28,35H,15-16H2,(H2,31,39)(H,32,36)/t22-,24-,28-/m1/s1. The van der Waals surface area contributed by atoms with Gasteiger partial charge >= 0.3 is 12.1 Å². The Morgan fingerprint density at radius 2 is 1.64 bits per heavy atom. The quantitative estimate of drug-likeness (QED) is 0.132. The molecule has 44 heavy (non-hydrogen) atoms. The Kier molecular flexibility index (Phi) is 8.92. The highest BCUT2D eigenvalue weighted by Crippen LogP contribution is 2.42. The topological polar surface area (TPSA) is 191 Å². The molecule has 2 aliphatic rings. The number of primary amides is 1. The Bertz CT molecular complexity index is 1590. The highest BCUT2D eigenvalue weighted by molar-refractivity contribution is 8.00. The van der Waals surface area contributed by atoms with Crippen LogP contribution in [0.25, 0.3) is 0 Å². The second kappa shape index (κ2) is 13.0. The van der Waals surface area contributed by atoms with Crippen molar-refractivity contribution in [1.29, 1.82) is 0 Å².